The Morgan fingerprint density at radius 1 is 1.17 bits per heavy atom. The van der Waals surface area contributed by atoms with Gasteiger partial charge >= 0.3 is 0 Å². The molecule has 1 atom stereocenters. The van der Waals surface area contributed by atoms with E-state index in [0.29, 0.717) is 49.0 Å². The van der Waals surface area contributed by atoms with E-state index in [-0.39, 0.29) is 4.90 Å². The standard InChI is InChI=1S/C24H31N5O4S2/c1-17-14-22(18(2)29(17)15-20-4-3-11-33-20)23-16-34-24(27-26-23)25-19-5-7-21(8-6-19)35(30,31)28-9-12-32-13-10-28/h5-8,14,20H,3-4,9-13,15-16H2,1-2H3,(H,25,27)/t20-/m0/s1. The normalized spacial score (nSPS) is 22.9. The Bertz CT molecular complexity index is 1230. The topological polar surface area (TPSA) is 97.5 Å². The van der Waals surface area contributed by atoms with E-state index in [4.69, 9.17) is 9.47 Å². The first kappa shape index (κ1) is 24.5. The number of benzene rings is 1. The Hall–Kier alpha value is -2.18. The van der Waals surface area contributed by atoms with Gasteiger partial charge < -0.3 is 14.0 Å². The van der Waals surface area contributed by atoms with E-state index in [9.17, 15) is 8.42 Å². The summed E-state index contributed by atoms with van der Waals surface area (Å²) < 4.78 is 40.5. The first-order chi connectivity index (χ1) is 16.9. The summed E-state index contributed by atoms with van der Waals surface area (Å²) in [5.74, 6) is 0.708. The van der Waals surface area contributed by atoms with Crippen LogP contribution in [0.4, 0.5) is 5.69 Å². The number of aryl methyl sites for hydroxylation is 1. The number of nitrogens with zero attached hydrogens (tertiary/aromatic N) is 4. The van der Waals surface area contributed by atoms with Crippen LogP contribution in [-0.2, 0) is 26.0 Å². The van der Waals surface area contributed by atoms with Crippen LogP contribution in [-0.4, -0.2) is 72.9 Å². The van der Waals surface area contributed by atoms with Gasteiger partial charge in [0.15, 0.2) is 5.17 Å². The maximum atomic E-state index is 12.8. The van der Waals surface area contributed by atoms with Crippen molar-refractivity contribution >= 4 is 38.4 Å². The van der Waals surface area contributed by atoms with Gasteiger partial charge in [-0.25, -0.2) is 13.4 Å². The molecule has 1 aromatic heterocycles. The van der Waals surface area contributed by atoms with E-state index < -0.39 is 10.0 Å². The van der Waals surface area contributed by atoms with E-state index in [1.807, 2.05) is 0 Å². The molecule has 0 spiro atoms. The van der Waals surface area contributed by atoms with Gasteiger partial charge in [0.1, 0.15) is 0 Å². The lowest BCUT2D eigenvalue weighted by Gasteiger charge is -2.26. The van der Waals surface area contributed by atoms with Crippen molar-refractivity contribution in [1.29, 1.82) is 0 Å². The fourth-order valence-electron chi connectivity index (χ4n) is 4.62. The van der Waals surface area contributed by atoms with E-state index >= 15 is 0 Å². The van der Waals surface area contributed by atoms with E-state index in [1.165, 1.54) is 15.7 Å². The second kappa shape index (κ2) is 10.4. The van der Waals surface area contributed by atoms with Crippen LogP contribution in [0, 0.1) is 13.8 Å². The number of hydrogen-bond donors (Lipinski definition) is 1. The minimum absolute atomic E-state index is 0.270. The van der Waals surface area contributed by atoms with Crippen LogP contribution in [0.1, 0.15) is 29.8 Å². The molecule has 1 aromatic carbocycles. The summed E-state index contributed by atoms with van der Waals surface area (Å²) in [6.07, 6.45) is 2.55. The van der Waals surface area contributed by atoms with Gasteiger partial charge in [-0.05, 0) is 57.0 Å². The number of hydrogen-bond acceptors (Lipinski definition) is 7. The number of thioether (sulfide) groups is 1. The van der Waals surface area contributed by atoms with Gasteiger partial charge in [-0.2, -0.15) is 9.41 Å². The van der Waals surface area contributed by atoms with Gasteiger partial charge in [-0.15, -0.1) is 0 Å². The summed E-state index contributed by atoms with van der Waals surface area (Å²) >= 11 is 1.58. The third kappa shape index (κ3) is 5.34. The monoisotopic (exact) mass is 517 g/mol. The highest BCUT2D eigenvalue weighted by Crippen LogP contribution is 2.25. The lowest BCUT2D eigenvalue weighted by atomic mass is 10.1. The van der Waals surface area contributed by atoms with Gasteiger partial charge in [0, 0.05) is 48.9 Å². The molecule has 2 fully saturated rings. The number of amidine groups is 1. The summed E-state index contributed by atoms with van der Waals surface area (Å²) in [6.45, 7) is 7.62. The molecule has 3 aliphatic rings. The molecule has 35 heavy (non-hydrogen) atoms. The summed E-state index contributed by atoms with van der Waals surface area (Å²) in [5.41, 5.74) is 8.31. The van der Waals surface area contributed by atoms with Gasteiger partial charge in [0.25, 0.3) is 0 Å². The summed E-state index contributed by atoms with van der Waals surface area (Å²) in [5, 5.41) is 5.28. The van der Waals surface area contributed by atoms with Crippen LogP contribution in [0.5, 0.6) is 0 Å². The Balaban J connectivity index is 1.26. The zero-order valence-corrected chi connectivity index (χ0v) is 21.7. The fourth-order valence-corrected chi connectivity index (χ4v) is 6.81. The van der Waals surface area contributed by atoms with Crippen molar-refractivity contribution in [2.75, 3.05) is 38.7 Å². The van der Waals surface area contributed by atoms with Crippen LogP contribution < -0.4 is 5.43 Å². The second-order valence-electron chi connectivity index (χ2n) is 8.92. The van der Waals surface area contributed by atoms with Crippen molar-refractivity contribution < 1.29 is 17.9 Å². The van der Waals surface area contributed by atoms with Crippen LogP contribution in [0.2, 0.25) is 0 Å². The Morgan fingerprint density at radius 2 is 1.94 bits per heavy atom. The third-order valence-electron chi connectivity index (χ3n) is 6.60. The number of nitrogens with one attached hydrogen (secondary N) is 1. The molecule has 0 saturated carbocycles. The zero-order valence-electron chi connectivity index (χ0n) is 20.1. The first-order valence-corrected chi connectivity index (χ1v) is 14.3. The molecule has 1 N–H and O–H groups in total. The second-order valence-corrected chi connectivity index (χ2v) is 11.8. The molecule has 0 unspecified atom stereocenters. The number of aromatic nitrogens is 1. The zero-order chi connectivity index (χ0) is 24.4. The van der Waals surface area contributed by atoms with Gasteiger partial charge in [-0.1, -0.05) is 11.8 Å². The van der Waals surface area contributed by atoms with Crippen molar-refractivity contribution in [2.45, 2.75) is 44.2 Å². The summed E-state index contributed by atoms with van der Waals surface area (Å²) in [6, 6.07) is 8.85. The van der Waals surface area contributed by atoms with Crippen LogP contribution in [0.15, 0.2) is 45.3 Å². The Kier molecular flexibility index (Phi) is 7.31. The molecule has 3 aliphatic heterocycles. The van der Waals surface area contributed by atoms with Gasteiger partial charge in [-0.3, -0.25) is 5.43 Å². The number of ether oxygens (including phenoxy) is 2. The van der Waals surface area contributed by atoms with Crippen LogP contribution in [0.3, 0.4) is 0 Å². The summed E-state index contributed by atoms with van der Waals surface area (Å²) in [7, 11) is -3.51. The molecular formula is C24H31N5O4S2. The van der Waals surface area contributed by atoms with Gasteiger partial charge in [0.2, 0.25) is 10.0 Å². The fraction of sp³-hybridized carbons (Fsp3) is 0.500. The summed E-state index contributed by atoms with van der Waals surface area (Å²) in [4.78, 5) is 4.88. The number of morpholine rings is 1. The Morgan fingerprint density at radius 3 is 2.60 bits per heavy atom. The molecule has 0 bridgehead atoms. The number of rotatable bonds is 6. The van der Waals surface area contributed by atoms with Crippen molar-refractivity contribution in [1.82, 2.24) is 14.3 Å². The van der Waals surface area contributed by atoms with Crippen LogP contribution >= 0.6 is 11.8 Å². The largest absolute Gasteiger partial charge is 0.379 e. The maximum absolute atomic E-state index is 12.8. The minimum atomic E-state index is -3.51. The Labute approximate surface area is 210 Å². The van der Waals surface area contributed by atoms with E-state index in [0.717, 1.165) is 37.3 Å². The highest BCUT2D eigenvalue weighted by atomic mass is 32.2. The van der Waals surface area contributed by atoms with Gasteiger partial charge in [0.05, 0.1) is 35.6 Å². The molecule has 2 aromatic rings. The molecule has 188 valence electrons. The van der Waals surface area contributed by atoms with Crippen molar-refractivity contribution in [3.63, 3.8) is 0 Å². The predicted molar refractivity (Wildman–Crippen MR) is 138 cm³/mol. The van der Waals surface area contributed by atoms with E-state index in [1.54, 1.807) is 36.0 Å². The highest BCUT2D eigenvalue weighted by Gasteiger charge is 2.26. The molecule has 5 rings (SSSR count). The van der Waals surface area contributed by atoms with Crippen molar-refractivity contribution in [3.05, 3.63) is 47.3 Å². The third-order valence-corrected chi connectivity index (χ3v) is 9.39. The molecule has 0 aliphatic carbocycles. The average Bonchev–Trinajstić information content (AvgIpc) is 3.49. The SMILES string of the molecule is Cc1cc(C2=NNC(=Nc3ccc(S(=O)(=O)N4CCOCC4)cc3)SC2)c(C)n1C[C@@H]1CCCO1. The molecule has 2 saturated heterocycles. The number of hydrazone groups is 1. The van der Waals surface area contributed by atoms with Crippen LogP contribution in [0.25, 0.3) is 0 Å². The maximum Gasteiger partial charge on any atom is 0.243 e. The quantitative estimate of drug-likeness (QED) is 0.633. The number of aliphatic imine (C=N–C) groups is 1. The highest BCUT2D eigenvalue weighted by molar-refractivity contribution is 8.14. The predicted octanol–water partition coefficient (Wildman–Crippen LogP) is 3.03. The first-order valence-electron chi connectivity index (χ1n) is 11.9. The molecule has 11 heteroatoms. The number of sulfonamides is 1. The van der Waals surface area contributed by atoms with Crippen molar-refractivity contribution in [2.24, 2.45) is 10.1 Å². The smallest absolute Gasteiger partial charge is 0.243 e. The molecule has 9 nitrogen and oxygen atoms in total. The molecular weight excluding hydrogens is 486 g/mol. The lowest BCUT2D eigenvalue weighted by Crippen LogP contribution is -2.40. The minimum Gasteiger partial charge on any atom is -0.379 e. The molecule has 4 heterocycles. The average molecular weight is 518 g/mol. The van der Waals surface area contributed by atoms with Crippen molar-refractivity contribution in [3.8, 4) is 0 Å². The molecule has 0 radical (unpaired) electrons. The van der Waals surface area contributed by atoms with E-state index in [2.05, 4.69) is 40.0 Å². The lowest BCUT2D eigenvalue weighted by molar-refractivity contribution is 0.0730. The molecule has 0 amide bonds.